The highest BCUT2D eigenvalue weighted by Gasteiger charge is 2.07. The van der Waals surface area contributed by atoms with E-state index in [2.05, 4.69) is 5.32 Å². The van der Waals surface area contributed by atoms with E-state index < -0.39 is 5.82 Å². The van der Waals surface area contributed by atoms with Crippen LogP contribution in [0.2, 0.25) is 0 Å². The van der Waals surface area contributed by atoms with E-state index in [1.54, 1.807) is 43.5 Å². The van der Waals surface area contributed by atoms with Crippen LogP contribution in [0.15, 0.2) is 48.5 Å². The fourth-order valence-electron chi connectivity index (χ4n) is 1.69. The molecule has 4 heteroatoms. The molecule has 0 aliphatic rings. The number of rotatable bonds is 4. The van der Waals surface area contributed by atoms with Gasteiger partial charge in [-0.2, -0.15) is 0 Å². The third-order valence-corrected chi connectivity index (χ3v) is 2.67. The zero-order valence-corrected chi connectivity index (χ0v) is 10.5. The van der Waals surface area contributed by atoms with Gasteiger partial charge in [-0.05, 0) is 29.8 Å². The Labute approximate surface area is 111 Å². The third kappa shape index (κ3) is 3.55. The number of carbonyl (C=O) groups is 1. The molecule has 0 unspecified atom stereocenters. The van der Waals surface area contributed by atoms with Crippen molar-refractivity contribution in [2.24, 2.45) is 0 Å². The van der Waals surface area contributed by atoms with E-state index in [4.69, 9.17) is 4.74 Å². The van der Waals surface area contributed by atoms with E-state index in [1.807, 2.05) is 0 Å². The summed E-state index contributed by atoms with van der Waals surface area (Å²) >= 11 is 0. The molecule has 0 heterocycles. The predicted molar refractivity (Wildman–Crippen MR) is 71.7 cm³/mol. The van der Waals surface area contributed by atoms with E-state index in [1.165, 1.54) is 12.1 Å². The van der Waals surface area contributed by atoms with Gasteiger partial charge in [-0.15, -0.1) is 0 Å². The van der Waals surface area contributed by atoms with Gasteiger partial charge in [0, 0.05) is 0 Å². The molecule has 1 amide bonds. The Morgan fingerprint density at radius 1 is 1.16 bits per heavy atom. The Hall–Kier alpha value is -2.36. The Morgan fingerprint density at radius 3 is 2.47 bits per heavy atom. The van der Waals surface area contributed by atoms with Crippen LogP contribution in [0, 0.1) is 5.82 Å². The number of para-hydroxylation sites is 1. The topological polar surface area (TPSA) is 38.3 Å². The molecule has 0 aromatic heterocycles. The van der Waals surface area contributed by atoms with Crippen molar-refractivity contribution in [3.05, 3.63) is 59.9 Å². The zero-order chi connectivity index (χ0) is 13.7. The maximum Gasteiger partial charge on any atom is 0.228 e. The molecular formula is C15H14FNO2. The lowest BCUT2D eigenvalue weighted by atomic mass is 10.1. The van der Waals surface area contributed by atoms with Gasteiger partial charge < -0.3 is 10.1 Å². The van der Waals surface area contributed by atoms with Gasteiger partial charge in [-0.3, -0.25) is 4.79 Å². The normalized spacial score (nSPS) is 10.0. The molecule has 98 valence electrons. The van der Waals surface area contributed by atoms with Crippen LogP contribution in [-0.4, -0.2) is 13.0 Å². The molecule has 0 aliphatic heterocycles. The second-order valence-corrected chi connectivity index (χ2v) is 4.05. The lowest BCUT2D eigenvalue weighted by molar-refractivity contribution is -0.115. The highest BCUT2D eigenvalue weighted by molar-refractivity contribution is 5.92. The van der Waals surface area contributed by atoms with Crippen molar-refractivity contribution in [1.29, 1.82) is 0 Å². The highest BCUT2D eigenvalue weighted by Crippen LogP contribution is 2.14. The summed E-state index contributed by atoms with van der Waals surface area (Å²) in [5.74, 6) is 0.0408. The minimum atomic E-state index is -0.439. The summed E-state index contributed by atoms with van der Waals surface area (Å²) in [6.45, 7) is 0. The number of nitrogens with one attached hydrogen (secondary N) is 1. The Balaban J connectivity index is 1.99. The molecule has 19 heavy (non-hydrogen) atoms. The largest absolute Gasteiger partial charge is 0.497 e. The number of methoxy groups -OCH3 is 1. The number of benzene rings is 2. The molecule has 0 fully saturated rings. The molecular weight excluding hydrogens is 245 g/mol. The number of ether oxygens (including phenoxy) is 1. The van der Waals surface area contributed by atoms with E-state index in [-0.39, 0.29) is 18.0 Å². The number of anilines is 1. The van der Waals surface area contributed by atoms with Crippen molar-refractivity contribution in [2.75, 3.05) is 12.4 Å². The van der Waals surface area contributed by atoms with Crippen molar-refractivity contribution >= 4 is 11.6 Å². The predicted octanol–water partition coefficient (Wildman–Crippen LogP) is 3.02. The van der Waals surface area contributed by atoms with Crippen LogP contribution in [0.1, 0.15) is 5.56 Å². The molecule has 0 aliphatic carbocycles. The molecule has 0 saturated heterocycles. The first-order valence-electron chi connectivity index (χ1n) is 5.86. The summed E-state index contributed by atoms with van der Waals surface area (Å²) in [5, 5.41) is 2.54. The van der Waals surface area contributed by atoms with Gasteiger partial charge in [-0.25, -0.2) is 4.39 Å². The molecule has 0 bridgehead atoms. The average Bonchev–Trinajstić information content (AvgIpc) is 2.42. The second kappa shape index (κ2) is 6.00. The molecule has 2 aromatic rings. The number of hydrogen-bond donors (Lipinski definition) is 1. The van der Waals surface area contributed by atoms with Gasteiger partial charge in [0.2, 0.25) is 5.91 Å². The maximum atomic E-state index is 13.4. The van der Waals surface area contributed by atoms with E-state index in [9.17, 15) is 9.18 Å². The first kappa shape index (κ1) is 13.1. The van der Waals surface area contributed by atoms with Crippen LogP contribution in [0.5, 0.6) is 5.75 Å². The Morgan fingerprint density at radius 2 is 1.84 bits per heavy atom. The van der Waals surface area contributed by atoms with Gasteiger partial charge in [0.25, 0.3) is 0 Å². The first-order valence-corrected chi connectivity index (χ1v) is 5.86. The fraction of sp³-hybridized carbons (Fsp3) is 0.133. The maximum absolute atomic E-state index is 13.4. The van der Waals surface area contributed by atoms with Crippen LogP contribution in [0.25, 0.3) is 0 Å². The zero-order valence-electron chi connectivity index (χ0n) is 10.5. The molecule has 0 saturated carbocycles. The molecule has 2 rings (SSSR count). The van der Waals surface area contributed by atoms with Gasteiger partial charge in [-0.1, -0.05) is 24.3 Å². The minimum Gasteiger partial charge on any atom is -0.497 e. The molecule has 3 nitrogen and oxygen atoms in total. The number of amides is 1. The Bertz CT molecular complexity index is 567. The van der Waals surface area contributed by atoms with Gasteiger partial charge in [0.1, 0.15) is 11.6 Å². The smallest absolute Gasteiger partial charge is 0.228 e. The highest BCUT2D eigenvalue weighted by atomic mass is 19.1. The fourth-order valence-corrected chi connectivity index (χ4v) is 1.69. The summed E-state index contributed by atoms with van der Waals surface area (Å²) in [6, 6.07) is 13.3. The SMILES string of the molecule is COc1ccc(CC(=O)Nc2ccccc2F)cc1. The molecule has 0 spiro atoms. The van der Waals surface area contributed by atoms with Crippen molar-refractivity contribution in [3.63, 3.8) is 0 Å². The minimum absolute atomic E-state index is 0.193. The van der Waals surface area contributed by atoms with Crippen molar-refractivity contribution in [3.8, 4) is 5.75 Å². The van der Waals surface area contributed by atoms with E-state index in [0.717, 1.165) is 11.3 Å². The van der Waals surface area contributed by atoms with Crippen molar-refractivity contribution in [1.82, 2.24) is 0 Å². The number of hydrogen-bond acceptors (Lipinski definition) is 2. The molecule has 1 N–H and O–H groups in total. The first-order chi connectivity index (χ1) is 9.19. The Kier molecular flexibility index (Phi) is 4.13. The van der Waals surface area contributed by atoms with Crippen LogP contribution in [0.4, 0.5) is 10.1 Å². The van der Waals surface area contributed by atoms with Crippen LogP contribution >= 0.6 is 0 Å². The monoisotopic (exact) mass is 259 g/mol. The molecule has 0 atom stereocenters. The molecule has 2 aromatic carbocycles. The van der Waals surface area contributed by atoms with Crippen LogP contribution in [-0.2, 0) is 11.2 Å². The van der Waals surface area contributed by atoms with E-state index >= 15 is 0 Å². The average molecular weight is 259 g/mol. The summed E-state index contributed by atoms with van der Waals surface area (Å²) in [4.78, 5) is 11.8. The lowest BCUT2D eigenvalue weighted by Crippen LogP contribution is -2.15. The molecule has 0 radical (unpaired) electrons. The lowest BCUT2D eigenvalue weighted by Gasteiger charge is -2.06. The number of halogens is 1. The second-order valence-electron chi connectivity index (χ2n) is 4.05. The van der Waals surface area contributed by atoms with Gasteiger partial charge >= 0.3 is 0 Å². The standard InChI is InChI=1S/C15H14FNO2/c1-19-12-8-6-11(7-9-12)10-15(18)17-14-5-3-2-4-13(14)16/h2-9H,10H2,1H3,(H,17,18). The van der Waals surface area contributed by atoms with Gasteiger partial charge in [0.15, 0.2) is 0 Å². The summed E-state index contributed by atoms with van der Waals surface area (Å²) in [6.07, 6.45) is 0.193. The third-order valence-electron chi connectivity index (χ3n) is 2.67. The quantitative estimate of drug-likeness (QED) is 0.916. The summed E-state index contributed by atoms with van der Waals surface area (Å²) in [5.41, 5.74) is 1.04. The van der Waals surface area contributed by atoms with Crippen molar-refractivity contribution in [2.45, 2.75) is 6.42 Å². The number of carbonyl (C=O) groups excluding carboxylic acids is 1. The van der Waals surface area contributed by atoms with Gasteiger partial charge in [0.05, 0.1) is 19.2 Å². The van der Waals surface area contributed by atoms with Crippen LogP contribution in [0.3, 0.4) is 0 Å². The van der Waals surface area contributed by atoms with Crippen LogP contribution < -0.4 is 10.1 Å². The summed E-state index contributed by atoms with van der Waals surface area (Å²) in [7, 11) is 1.58. The van der Waals surface area contributed by atoms with Crippen molar-refractivity contribution < 1.29 is 13.9 Å². The summed E-state index contributed by atoms with van der Waals surface area (Å²) < 4.78 is 18.4. The van der Waals surface area contributed by atoms with E-state index in [0.29, 0.717) is 0 Å².